The first-order chi connectivity index (χ1) is 9.80. The summed E-state index contributed by atoms with van der Waals surface area (Å²) in [5, 5.41) is 2.55. The van der Waals surface area contributed by atoms with E-state index >= 15 is 0 Å². The van der Waals surface area contributed by atoms with Crippen LogP contribution >= 0.6 is 0 Å². The minimum absolute atomic E-state index is 0.0460. The minimum atomic E-state index is -3.64. The molecule has 8 heteroatoms. The van der Waals surface area contributed by atoms with Crippen molar-refractivity contribution in [3.8, 4) is 5.75 Å². The van der Waals surface area contributed by atoms with Gasteiger partial charge in [-0.1, -0.05) is 0 Å². The van der Waals surface area contributed by atoms with Crippen LogP contribution in [-0.2, 0) is 19.6 Å². The Bertz CT molecular complexity index is 599. The summed E-state index contributed by atoms with van der Waals surface area (Å²) in [7, 11) is -0.818. The van der Waals surface area contributed by atoms with Crippen molar-refractivity contribution in [2.45, 2.75) is 24.8 Å². The van der Waals surface area contributed by atoms with Crippen LogP contribution in [0.3, 0.4) is 0 Å². The molecule has 0 unspecified atom stereocenters. The van der Waals surface area contributed by atoms with Gasteiger partial charge >= 0.3 is 0 Å². The van der Waals surface area contributed by atoms with E-state index in [0.717, 1.165) is 0 Å². The van der Waals surface area contributed by atoms with Crippen LogP contribution < -0.4 is 14.8 Å². The zero-order valence-electron chi connectivity index (χ0n) is 12.5. The summed E-state index contributed by atoms with van der Waals surface area (Å²) in [6.07, 6.45) is 0. The number of amides is 1. The molecule has 0 aromatic heterocycles. The SMILES string of the molecule is COCC(=O)Nc1cc(S(=O)(=O)NC(C)C)ccc1OC. The first-order valence-electron chi connectivity index (χ1n) is 6.29. The number of benzene rings is 1. The van der Waals surface area contributed by atoms with Crippen molar-refractivity contribution in [3.05, 3.63) is 18.2 Å². The number of anilines is 1. The van der Waals surface area contributed by atoms with Crippen molar-refractivity contribution in [2.75, 3.05) is 26.1 Å². The second-order valence-electron chi connectivity index (χ2n) is 4.62. The van der Waals surface area contributed by atoms with Crippen LogP contribution in [0.25, 0.3) is 0 Å². The van der Waals surface area contributed by atoms with E-state index < -0.39 is 15.9 Å². The Hall–Kier alpha value is -1.64. The highest BCUT2D eigenvalue weighted by Gasteiger charge is 2.18. The van der Waals surface area contributed by atoms with Crippen molar-refractivity contribution in [1.82, 2.24) is 4.72 Å². The number of sulfonamides is 1. The fourth-order valence-corrected chi connectivity index (χ4v) is 2.92. The number of carbonyl (C=O) groups excluding carboxylic acids is 1. The number of nitrogens with one attached hydrogen (secondary N) is 2. The van der Waals surface area contributed by atoms with E-state index in [-0.39, 0.29) is 23.2 Å². The Morgan fingerprint density at radius 1 is 1.29 bits per heavy atom. The first kappa shape index (κ1) is 17.4. The van der Waals surface area contributed by atoms with Crippen LogP contribution in [-0.4, -0.2) is 41.2 Å². The van der Waals surface area contributed by atoms with Crippen LogP contribution in [0.15, 0.2) is 23.1 Å². The molecule has 0 fully saturated rings. The van der Waals surface area contributed by atoms with E-state index in [1.165, 1.54) is 32.4 Å². The summed E-state index contributed by atoms with van der Waals surface area (Å²) in [5.74, 6) is -0.0369. The third kappa shape index (κ3) is 5.00. The Morgan fingerprint density at radius 2 is 1.95 bits per heavy atom. The summed E-state index contributed by atoms with van der Waals surface area (Å²) in [5.41, 5.74) is 0.270. The maximum absolute atomic E-state index is 12.1. The van der Waals surface area contributed by atoms with Crippen molar-refractivity contribution in [2.24, 2.45) is 0 Å². The average molecular weight is 316 g/mol. The number of ether oxygens (including phenoxy) is 2. The van der Waals surface area contributed by atoms with Gasteiger partial charge in [0.05, 0.1) is 17.7 Å². The Balaban J connectivity index is 3.13. The molecule has 0 aliphatic heterocycles. The van der Waals surface area contributed by atoms with Crippen LogP contribution in [0.5, 0.6) is 5.75 Å². The predicted octanol–water partition coefficient (Wildman–Crippen LogP) is 0.967. The monoisotopic (exact) mass is 316 g/mol. The Kier molecular flexibility index (Phi) is 6.13. The van der Waals surface area contributed by atoms with Crippen molar-refractivity contribution < 1.29 is 22.7 Å². The number of hydrogen-bond donors (Lipinski definition) is 2. The minimum Gasteiger partial charge on any atom is -0.495 e. The molecule has 1 rings (SSSR count). The van der Waals surface area contributed by atoms with Gasteiger partial charge in [0.25, 0.3) is 0 Å². The van der Waals surface area contributed by atoms with Crippen molar-refractivity contribution >= 4 is 21.6 Å². The molecule has 0 aliphatic rings. The maximum atomic E-state index is 12.1. The molecule has 0 heterocycles. The molecule has 0 spiro atoms. The quantitative estimate of drug-likeness (QED) is 0.781. The molecule has 0 atom stereocenters. The topological polar surface area (TPSA) is 93.7 Å². The van der Waals surface area contributed by atoms with Crippen molar-refractivity contribution in [3.63, 3.8) is 0 Å². The molecule has 0 bridgehead atoms. The van der Waals surface area contributed by atoms with E-state index in [4.69, 9.17) is 9.47 Å². The van der Waals surface area contributed by atoms with Gasteiger partial charge in [-0.2, -0.15) is 0 Å². The summed E-state index contributed by atoms with van der Waals surface area (Å²) in [6, 6.07) is 4.01. The maximum Gasteiger partial charge on any atom is 0.250 e. The van der Waals surface area contributed by atoms with Gasteiger partial charge < -0.3 is 14.8 Å². The smallest absolute Gasteiger partial charge is 0.250 e. The highest BCUT2D eigenvalue weighted by Crippen LogP contribution is 2.27. The normalized spacial score (nSPS) is 11.5. The lowest BCUT2D eigenvalue weighted by Crippen LogP contribution is -2.30. The number of rotatable bonds is 7. The molecule has 1 aromatic rings. The number of hydrogen-bond acceptors (Lipinski definition) is 5. The Morgan fingerprint density at radius 3 is 2.48 bits per heavy atom. The van der Waals surface area contributed by atoms with Gasteiger partial charge in [0.1, 0.15) is 12.4 Å². The zero-order chi connectivity index (χ0) is 16.0. The van der Waals surface area contributed by atoms with Gasteiger partial charge in [-0.05, 0) is 32.0 Å². The zero-order valence-corrected chi connectivity index (χ0v) is 13.3. The lowest BCUT2D eigenvalue weighted by molar-refractivity contribution is -0.119. The standard InChI is InChI=1S/C13H20N2O5S/c1-9(2)15-21(17,18)10-5-6-12(20-4)11(7-10)14-13(16)8-19-3/h5-7,9,15H,8H2,1-4H3,(H,14,16). The lowest BCUT2D eigenvalue weighted by Gasteiger charge is -2.14. The lowest BCUT2D eigenvalue weighted by atomic mass is 10.3. The fourth-order valence-electron chi connectivity index (χ4n) is 1.65. The molecular formula is C13H20N2O5S. The third-order valence-corrected chi connectivity index (χ3v) is 4.08. The van der Waals surface area contributed by atoms with Gasteiger partial charge in [-0.3, -0.25) is 4.79 Å². The van der Waals surface area contributed by atoms with Gasteiger partial charge in [0.2, 0.25) is 15.9 Å². The van der Waals surface area contributed by atoms with Crippen LogP contribution in [0.1, 0.15) is 13.8 Å². The summed E-state index contributed by atoms with van der Waals surface area (Å²) in [6.45, 7) is 3.31. The van der Waals surface area contributed by atoms with E-state index in [0.29, 0.717) is 5.75 Å². The van der Waals surface area contributed by atoms with E-state index in [9.17, 15) is 13.2 Å². The first-order valence-corrected chi connectivity index (χ1v) is 7.77. The molecule has 21 heavy (non-hydrogen) atoms. The predicted molar refractivity (Wildman–Crippen MR) is 79.0 cm³/mol. The molecule has 118 valence electrons. The summed E-state index contributed by atoms with van der Waals surface area (Å²) >= 11 is 0. The van der Waals surface area contributed by atoms with Crippen LogP contribution in [0.2, 0.25) is 0 Å². The second-order valence-corrected chi connectivity index (χ2v) is 6.33. The molecular weight excluding hydrogens is 296 g/mol. The molecule has 2 N–H and O–H groups in total. The summed E-state index contributed by atoms with van der Waals surface area (Å²) in [4.78, 5) is 11.6. The molecule has 0 radical (unpaired) electrons. The molecule has 0 saturated heterocycles. The van der Waals surface area contributed by atoms with Crippen LogP contribution in [0.4, 0.5) is 5.69 Å². The van der Waals surface area contributed by atoms with Crippen LogP contribution in [0, 0.1) is 0 Å². The Labute approximate surface area is 124 Å². The fraction of sp³-hybridized carbons (Fsp3) is 0.462. The van der Waals surface area contributed by atoms with E-state index in [1.54, 1.807) is 13.8 Å². The van der Waals surface area contributed by atoms with E-state index in [2.05, 4.69) is 10.0 Å². The largest absolute Gasteiger partial charge is 0.495 e. The van der Waals surface area contributed by atoms with Gasteiger partial charge in [0, 0.05) is 13.2 Å². The third-order valence-electron chi connectivity index (χ3n) is 2.42. The van der Waals surface area contributed by atoms with Gasteiger partial charge in [-0.25, -0.2) is 13.1 Å². The second kappa shape index (κ2) is 7.39. The van der Waals surface area contributed by atoms with Gasteiger partial charge in [0.15, 0.2) is 0 Å². The van der Waals surface area contributed by atoms with E-state index in [1.807, 2.05) is 0 Å². The number of carbonyl (C=O) groups is 1. The number of methoxy groups -OCH3 is 2. The average Bonchev–Trinajstić information content (AvgIpc) is 2.37. The molecule has 1 amide bonds. The highest BCUT2D eigenvalue weighted by atomic mass is 32.2. The molecule has 1 aromatic carbocycles. The molecule has 7 nitrogen and oxygen atoms in total. The molecule has 0 aliphatic carbocycles. The van der Waals surface area contributed by atoms with Gasteiger partial charge in [-0.15, -0.1) is 0 Å². The van der Waals surface area contributed by atoms with Crippen molar-refractivity contribution in [1.29, 1.82) is 0 Å². The summed E-state index contributed by atoms with van der Waals surface area (Å²) < 4.78 is 36.5. The molecule has 0 saturated carbocycles. The highest BCUT2D eigenvalue weighted by molar-refractivity contribution is 7.89.